The quantitative estimate of drug-likeness (QED) is 0.347. The van der Waals surface area contributed by atoms with Gasteiger partial charge in [0, 0.05) is 34.8 Å². The van der Waals surface area contributed by atoms with Crippen molar-refractivity contribution in [1.82, 2.24) is 4.98 Å². The Kier molecular flexibility index (Phi) is 3.79. The number of esters is 1. The normalized spacial score (nSPS) is 13.2. The molecule has 8 nitrogen and oxygen atoms in total. The summed E-state index contributed by atoms with van der Waals surface area (Å²) < 4.78 is 10.6. The lowest BCUT2D eigenvalue weighted by Gasteiger charge is -2.16. The number of phenols is 1. The zero-order valence-corrected chi connectivity index (χ0v) is 16.4. The van der Waals surface area contributed by atoms with E-state index in [0.717, 1.165) is 10.9 Å². The summed E-state index contributed by atoms with van der Waals surface area (Å²) in [5.41, 5.74) is 9.74. The molecule has 4 aromatic rings. The molecule has 0 radical (unpaired) electrons. The number of carbonyl (C=O) groups is 2. The van der Waals surface area contributed by atoms with Crippen LogP contribution in [0.2, 0.25) is 0 Å². The highest BCUT2D eigenvalue weighted by molar-refractivity contribution is 6.14. The summed E-state index contributed by atoms with van der Waals surface area (Å²) >= 11 is 0. The molecule has 152 valence electrons. The minimum atomic E-state index is -0.494. The van der Waals surface area contributed by atoms with Gasteiger partial charge in [-0.2, -0.15) is 0 Å². The Hall–Kier alpha value is -3.94. The molecule has 1 aliphatic rings. The lowest BCUT2D eigenvalue weighted by Crippen LogP contribution is -2.28. The molecule has 5 rings (SSSR count). The van der Waals surface area contributed by atoms with Crippen LogP contribution < -0.4 is 10.6 Å². The van der Waals surface area contributed by atoms with Crippen LogP contribution in [0.3, 0.4) is 0 Å². The van der Waals surface area contributed by atoms with Gasteiger partial charge in [-0.15, -0.1) is 0 Å². The first kappa shape index (κ1) is 18.1. The van der Waals surface area contributed by atoms with E-state index in [4.69, 9.17) is 14.9 Å². The predicted octanol–water partition coefficient (Wildman–Crippen LogP) is 3.50. The number of hydrogen-bond acceptors (Lipinski definition) is 6. The number of aromatic nitrogens is 1. The third-order valence-corrected chi connectivity index (χ3v) is 5.59. The number of phenolic OH excluding ortho intramolecular Hbond substituents is 1. The molecule has 0 bridgehead atoms. The van der Waals surface area contributed by atoms with Gasteiger partial charge in [-0.25, -0.2) is 4.79 Å². The number of fused-ring (bicyclic) bond motifs is 4. The first-order chi connectivity index (χ1) is 14.4. The van der Waals surface area contributed by atoms with Crippen LogP contribution in [-0.2, 0) is 11.2 Å². The number of aromatic amines is 1. The van der Waals surface area contributed by atoms with E-state index in [-0.39, 0.29) is 17.4 Å². The van der Waals surface area contributed by atoms with Crippen molar-refractivity contribution in [3.63, 3.8) is 0 Å². The van der Waals surface area contributed by atoms with Crippen molar-refractivity contribution in [3.8, 4) is 5.75 Å². The van der Waals surface area contributed by atoms with Crippen LogP contribution in [-0.4, -0.2) is 35.6 Å². The van der Waals surface area contributed by atoms with Gasteiger partial charge in [0.05, 0.1) is 23.9 Å². The van der Waals surface area contributed by atoms with E-state index < -0.39 is 5.97 Å². The van der Waals surface area contributed by atoms with Crippen molar-refractivity contribution >= 4 is 45.1 Å². The number of nitrogen functional groups attached to an aromatic ring is 1. The Bertz CT molecular complexity index is 1360. The lowest BCUT2D eigenvalue weighted by atomic mass is 10.0. The van der Waals surface area contributed by atoms with Crippen molar-refractivity contribution in [2.24, 2.45) is 0 Å². The maximum atomic E-state index is 13.2. The van der Waals surface area contributed by atoms with E-state index in [2.05, 4.69) is 4.98 Å². The van der Waals surface area contributed by atoms with Gasteiger partial charge in [0.1, 0.15) is 11.3 Å². The first-order valence-corrected chi connectivity index (χ1v) is 9.45. The van der Waals surface area contributed by atoms with Crippen LogP contribution >= 0.6 is 0 Å². The van der Waals surface area contributed by atoms with Gasteiger partial charge in [-0.3, -0.25) is 4.79 Å². The number of amides is 1. The fourth-order valence-electron chi connectivity index (χ4n) is 4.24. The molecule has 0 spiro atoms. The molecular formula is C22H19N3O5. The van der Waals surface area contributed by atoms with Crippen molar-refractivity contribution in [2.45, 2.75) is 13.3 Å². The SMILES string of the molecule is COC(=O)c1c(C)[nH]c2c(O)cc3c(c12)CCN3C(=O)c1cc2cc(N)ccc2o1. The number of nitrogens with one attached hydrogen (secondary N) is 1. The molecule has 0 fully saturated rings. The maximum Gasteiger partial charge on any atom is 0.340 e. The Morgan fingerprint density at radius 1 is 1.27 bits per heavy atom. The van der Waals surface area contributed by atoms with Gasteiger partial charge in [0.25, 0.3) is 5.91 Å². The van der Waals surface area contributed by atoms with Crippen molar-refractivity contribution in [2.75, 3.05) is 24.3 Å². The van der Waals surface area contributed by atoms with Crippen LogP contribution in [0.5, 0.6) is 5.75 Å². The van der Waals surface area contributed by atoms with E-state index in [1.807, 2.05) is 0 Å². The second-order valence-electron chi connectivity index (χ2n) is 7.37. The molecule has 8 heteroatoms. The molecule has 4 N–H and O–H groups in total. The van der Waals surface area contributed by atoms with Gasteiger partial charge in [-0.1, -0.05) is 0 Å². The third-order valence-electron chi connectivity index (χ3n) is 5.59. The number of H-pyrrole nitrogens is 1. The van der Waals surface area contributed by atoms with Gasteiger partial charge < -0.3 is 29.9 Å². The summed E-state index contributed by atoms with van der Waals surface area (Å²) in [5, 5.41) is 11.9. The third kappa shape index (κ3) is 2.46. The van der Waals surface area contributed by atoms with Crippen LogP contribution in [0.25, 0.3) is 21.9 Å². The second kappa shape index (κ2) is 6.28. The Morgan fingerprint density at radius 2 is 2.07 bits per heavy atom. The minimum absolute atomic E-state index is 0.0425. The second-order valence-corrected chi connectivity index (χ2v) is 7.37. The largest absolute Gasteiger partial charge is 0.506 e. The summed E-state index contributed by atoms with van der Waals surface area (Å²) in [7, 11) is 1.31. The highest BCUT2D eigenvalue weighted by atomic mass is 16.5. The van der Waals surface area contributed by atoms with Gasteiger partial charge in [-0.05, 0) is 43.2 Å². The maximum absolute atomic E-state index is 13.2. The number of aryl methyl sites for hydroxylation is 1. The zero-order chi connectivity index (χ0) is 21.2. The first-order valence-electron chi connectivity index (χ1n) is 9.45. The summed E-state index contributed by atoms with van der Waals surface area (Å²) in [5.74, 6) is -0.680. The highest BCUT2D eigenvalue weighted by Crippen LogP contribution is 2.42. The number of furan rings is 1. The average Bonchev–Trinajstić information content (AvgIpc) is 3.41. The molecule has 0 aliphatic carbocycles. The number of rotatable bonds is 2. The summed E-state index contributed by atoms with van der Waals surface area (Å²) in [4.78, 5) is 30.2. The van der Waals surface area contributed by atoms with Crippen LogP contribution in [0.4, 0.5) is 11.4 Å². The zero-order valence-electron chi connectivity index (χ0n) is 16.4. The van der Waals surface area contributed by atoms with Gasteiger partial charge >= 0.3 is 5.97 Å². The molecule has 0 saturated carbocycles. The average molecular weight is 405 g/mol. The Balaban J connectivity index is 1.64. The summed E-state index contributed by atoms with van der Waals surface area (Å²) in [6.45, 7) is 2.15. The van der Waals surface area contributed by atoms with Gasteiger partial charge in [0.15, 0.2) is 5.76 Å². The van der Waals surface area contributed by atoms with Crippen molar-refractivity contribution in [3.05, 3.63) is 52.9 Å². The smallest absolute Gasteiger partial charge is 0.340 e. The molecule has 3 heterocycles. The molecule has 1 aliphatic heterocycles. The van der Waals surface area contributed by atoms with E-state index in [0.29, 0.717) is 52.1 Å². The number of carbonyl (C=O) groups excluding carboxylic acids is 2. The molecule has 30 heavy (non-hydrogen) atoms. The van der Waals surface area contributed by atoms with E-state index in [1.165, 1.54) is 7.11 Å². The number of nitrogens with two attached hydrogens (primary N) is 1. The molecule has 0 unspecified atom stereocenters. The minimum Gasteiger partial charge on any atom is -0.506 e. The molecular weight excluding hydrogens is 386 g/mol. The number of ether oxygens (including phenoxy) is 1. The number of benzene rings is 2. The van der Waals surface area contributed by atoms with E-state index in [9.17, 15) is 14.7 Å². The van der Waals surface area contributed by atoms with Crippen LogP contribution in [0.1, 0.15) is 32.2 Å². The molecule has 2 aromatic heterocycles. The fourth-order valence-corrected chi connectivity index (χ4v) is 4.24. The molecule has 0 atom stereocenters. The van der Waals surface area contributed by atoms with Crippen molar-refractivity contribution in [1.29, 1.82) is 0 Å². The van der Waals surface area contributed by atoms with E-state index in [1.54, 1.807) is 42.2 Å². The molecule has 0 saturated heterocycles. The highest BCUT2D eigenvalue weighted by Gasteiger charge is 2.33. The number of hydrogen-bond donors (Lipinski definition) is 3. The fraction of sp³-hybridized carbons (Fsp3) is 0.182. The monoisotopic (exact) mass is 405 g/mol. The molecule has 2 aromatic carbocycles. The standard InChI is InChI=1S/C22H19N3O5/c1-10-18(22(28)29-2)19-13-5-6-25(14(13)9-15(26)20(19)24-10)21(27)17-8-11-7-12(23)3-4-16(11)30-17/h3-4,7-9,24,26H,5-6,23H2,1-2H3. The topological polar surface area (TPSA) is 122 Å². The number of methoxy groups -OCH3 is 1. The van der Waals surface area contributed by atoms with Crippen LogP contribution in [0.15, 0.2) is 34.7 Å². The number of aromatic hydroxyl groups is 1. The number of nitrogens with zero attached hydrogens (tertiary/aromatic N) is 1. The van der Waals surface area contributed by atoms with E-state index >= 15 is 0 Å². The summed E-state index contributed by atoms with van der Waals surface area (Å²) in [6, 6.07) is 8.38. The Morgan fingerprint density at radius 3 is 2.83 bits per heavy atom. The van der Waals surface area contributed by atoms with Crippen LogP contribution in [0, 0.1) is 6.92 Å². The molecule has 1 amide bonds. The summed E-state index contributed by atoms with van der Waals surface area (Å²) in [6.07, 6.45) is 0.534. The number of anilines is 2. The predicted molar refractivity (Wildman–Crippen MR) is 112 cm³/mol. The lowest BCUT2D eigenvalue weighted by molar-refractivity contribution is 0.0602. The van der Waals surface area contributed by atoms with Gasteiger partial charge in [0.2, 0.25) is 0 Å². The Labute approximate surface area is 170 Å². The van der Waals surface area contributed by atoms with Crippen molar-refractivity contribution < 1.29 is 23.8 Å².